The van der Waals surface area contributed by atoms with Crippen LogP contribution in [0.2, 0.25) is 0 Å². The van der Waals surface area contributed by atoms with Gasteiger partial charge in [-0.15, -0.1) is 68.0 Å². The van der Waals surface area contributed by atoms with Crippen molar-refractivity contribution in [1.29, 1.82) is 0 Å². The maximum atomic E-state index is 5.70. The molecule has 8 heterocycles. The Bertz CT molecular complexity index is 6190. The van der Waals surface area contributed by atoms with E-state index < -0.39 is 0 Å². The molecule has 20 aromatic rings. The number of aromatic nitrogens is 4. The van der Waals surface area contributed by atoms with Crippen molar-refractivity contribution in [3.8, 4) is 78.9 Å². The van der Waals surface area contributed by atoms with Gasteiger partial charge in [0.15, 0.2) is 11.6 Å². The molecule has 0 saturated carbocycles. The molecule has 0 N–H and O–H groups in total. The maximum absolute atomic E-state index is 5.70. The Hall–Kier alpha value is -9.88. The zero-order valence-corrected chi connectivity index (χ0v) is 52.4. The van der Waals surface area contributed by atoms with Crippen molar-refractivity contribution < 1.29 is 0 Å². The number of thiophene rings is 6. The first-order valence-corrected chi connectivity index (χ1v) is 34.8. The zero-order chi connectivity index (χ0) is 58.7. The smallest absolute Gasteiger partial charge is 0.161 e. The van der Waals surface area contributed by atoms with Crippen LogP contribution in [0.4, 0.5) is 0 Å². The van der Waals surface area contributed by atoms with Gasteiger partial charge in [0.1, 0.15) is 0 Å². The lowest BCUT2D eigenvalue weighted by molar-refractivity contribution is 1.19. The summed E-state index contributed by atoms with van der Waals surface area (Å²) < 4.78 is 15.0. The normalized spacial score (nSPS) is 12.2. The summed E-state index contributed by atoms with van der Waals surface area (Å²) in [6.45, 7) is 0. The molecule has 0 fully saturated rings. The quantitative estimate of drug-likeness (QED) is 0.160. The monoisotopic (exact) mass is 1250 g/mol. The van der Waals surface area contributed by atoms with Crippen LogP contribution in [-0.2, 0) is 0 Å². The van der Waals surface area contributed by atoms with E-state index in [9.17, 15) is 0 Å². The molecule has 0 unspecified atom stereocenters. The van der Waals surface area contributed by atoms with Gasteiger partial charge < -0.3 is 0 Å². The van der Waals surface area contributed by atoms with Crippen molar-refractivity contribution in [2.24, 2.45) is 0 Å². The molecule has 90 heavy (non-hydrogen) atoms. The summed E-state index contributed by atoms with van der Waals surface area (Å²) in [5.74, 6) is 1.43. The van der Waals surface area contributed by atoms with Gasteiger partial charge in [0.05, 0.1) is 22.8 Å². The van der Waals surface area contributed by atoms with Crippen LogP contribution in [0.25, 0.3) is 200 Å². The first kappa shape index (κ1) is 51.0. The molecule has 0 saturated heterocycles. The highest BCUT2D eigenvalue weighted by Crippen LogP contribution is 2.48. The highest BCUT2D eigenvalue weighted by Gasteiger charge is 2.23. The molecule has 8 aromatic heterocycles. The molecular weight excluding hydrogens is 1210 g/mol. The van der Waals surface area contributed by atoms with Crippen molar-refractivity contribution in [3.05, 3.63) is 255 Å². The van der Waals surface area contributed by atoms with Gasteiger partial charge in [-0.1, -0.05) is 146 Å². The highest BCUT2D eigenvalue weighted by molar-refractivity contribution is 7.28. The van der Waals surface area contributed by atoms with E-state index in [4.69, 9.17) is 19.9 Å². The van der Waals surface area contributed by atoms with Crippen LogP contribution in [0.1, 0.15) is 0 Å². The maximum Gasteiger partial charge on any atom is 0.161 e. The van der Waals surface area contributed by atoms with E-state index in [1.807, 2.05) is 68.0 Å². The van der Waals surface area contributed by atoms with Crippen LogP contribution in [0, 0.1) is 0 Å². The van der Waals surface area contributed by atoms with Gasteiger partial charge in [0.2, 0.25) is 0 Å². The van der Waals surface area contributed by atoms with E-state index in [0.717, 1.165) is 73.1 Å². The molecule has 0 aliphatic rings. The molecule has 0 bridgehead atoms. The summed E-state index contributed by atoms with van der Waals surface area (Å²) >= 11 is 11.0. The number of fused-ring (bicyclic) bond motifs is 18. The summed E-state index contributed by atoms with van der Waals surface area (Å²) in [6.07, 6.45) is 0. The Morgan fingerprint density at radius 1 is 0.178 bits per heavy atom. The standard InChI is InChI=1S/C80H42N4S6/c1-8-24-69-48(13-1)54-18-11-20-56(76(54)88-69)65-42-66(84-80(83-65)57-21-12-19-55-49-14-2-9-25-70(49)89-77(55)57)62-39-47(38-61-52-17-5-10-26-71(52)90-78(61)62)43-27-31-53-59-36-45(29-33-74(59)87-75(53)40-43)64-41-63(44-28-32-72-58(35-44)50-15-3-6-22-67(50)85-72)81-79(82-64)46-30-34-73-60(37-46)51-16-4-7-23-68(51)86-73/h1-42H. The van der Waals surface area contributed by atoms with E-state index in [0.29, 0.717) is 5.82 Å². The van der Waals surface area contributed by atoms with Gasteiger partial charge in [-0.3, -0.25) is 0 Å². The molecule has 20 rings (SSSR count). The van der Waals surface area contributed by atoms with Gasteiger partial charge in [-0.25, -0.2) is 19.9 Å². The minimum Gasteiger partial charge on any atom is -0.228 e. The molecule has 0 aliphatic carbocycles. The predicted molar refractivity (Wildman–Crippen MR) is 393 cm³/mol. The zero-order valence-electron chi connectivity index (χ0n) is 47.5. The summed E-state index contributed by atoms with van der Waals surface area (Å²) in [5.41, 5.74) is 12.3. The number of nitrogens with zero attached hydrogens (tertiary/aromatic N) is 4. The Morgan fingerprint density at radius 2 is 0.544 bits per heavy atom. The van der Waals surface area contributed by atoms with Gasteiger partial charge in [-0.2, -0.15) is 0 Å². The minimum atomic E-state index is 0.709. The fourth-order valence-corrected chi connectivity index (χ4v) is 20.6. The third-order valence-electron chi connectivity index (χ3n) is 17.9. The number of benzene rings is 12. The van der Waals surface area contributed by atoms with Crippen LogP contribution < -0.4 is 0 Å². The van der Waals surface area contributed by atoms with E-state index >= 15 is 0 Å². The molecule has 0 amide bonds. The molecule has 0 atom stereocenters. The van der Waals surface area contributed by atoms with Crippen LogP contribution in [-0.4, -0.2) is 19.9 Å². The van der Waals surface area contributed by atoms with Crippen LogP contribution in [0.15, 0.2) is 255 Å². The molecule has 0 spiro atoms. The highest BCUT2D eigenvalue weighted by atomic mass is 32.1. The van der Waals surface area contributed by atoms with Crippen molar-refractivity contribution in [3.63, 3.8) is 0 Å². The van der Waals surface area contributed by atoms with Crippen LogP contribution >= 0.6 is 68.0 Å². The molecular formula is C80H42N4S6. The number of hydrogen-bond donors (Lipinski definition) is 0. The molecule has 0 aliphatic heterocycles. The van der Waals surface area contributed by atoms with Gasteiger partial charge >= 0.3 is 0 Å². The summed E-state index contributed by atoms with van der Waals surface area (Å²) in [7, 11) is 0. The SMILES string of the molecule is c1ccc2c(c1)sc1ccc(-c3cc(-c4ccc5sc6cc(-c7cc(-c8cc(-c9cccc%10c9sc9ccccc9%10)nc(-c9cccc%10c9sc9ccccc9%10)n8)c8sc9ccccc9c8c7)ccc6c5c4)nc(-c4ccc5sc6ccccc6c5c4)n3)cc12. The predicted octanol–water partition coefficient (Wildman–Crippen LogP) is 25.1. The van der Waals surface area contributed by atoms with Crippen molar-refractivity contribution in [2.75, 3.05) is 0 Å². The second kappa shape index (κ2) is 19.8. The molecule has 10 heteroatoms. The lowest BCUT2D eigenvalue weighted by Crippen LogP contribution is -1.97. The lowest BCUT2D eigenvalue weighted by Gasteiger charge is -2.13. The number of hydrogen-bond acceptors (Lipinski definition) is 10. The van der Waals surface area contributed by atoms with E-state index in [-0.39, 0.29) is 0 Å². The van der Waals surface area contributed by atoms with Crippen LogP contribution in [0.3, 0.4) is 0 Å². The largest absolute Gasteiger partial charge is 0.228 e. The molecule has 12 aromatic carbocycles. The van der Waals surface area contributed by atoms with Crippen molar-refractivity contribution >= 4 is 189 Å². The van der Waals surface area contributed by atoms with E-state index in [2.05, 4.69) is 255 Å². The molecule has 4 nitrogen and oxygen atoms in total. The summed E-state index contributed by atoms with van der Waals surface area (Å²) in [5, 5.41) is 14.9. The average molecular weight is 1250 g/mol. The fraction of sp³-hybridized carbons (Fsp3) is 0. The molecule has 418 valence electrons. The first-order chi connectivity index (χ1) is 44.5. The Labute approximate surface area is 538 Å². The Morgan fingerprint density at radius 3 is 1.11 bits per heavy atom. The van der Waals surface area contributed by atoms with E-state index in [1.165, 1.54) is 121 Å². The number of rotatable bonds is 7. The van der Waals surface area contributed by atoms with Gasteiger partial charge in [0, 0.05) is 154 Å². The summed E-state index contributed by atoms with van der Waals surface area (Å²) in [6, 6.07) is 93.6. The van der Waals surface area contributed by atoms with Gasteiger partial charge in [-0.05, 0) is 120 Å². The third-order valence-corrected chi connectivity index (χ3v) is 25.0. The average Bonchev–Trinajstić information content (AvgIpc) is 1.82. The van der Waals surface area contributed by atoms with Crippen molar-refractivity contribution in [2.45, 2.75) is 0 Å². The van der Waals surface area contributed by atoms with E-state index in [1.54, 1.807) is 0 Å². The summed E-state index contributed by atoms with van der Waals surface area (Å²) in [4.78, 5) is 22.1. The minimum absolute atomic E-state index is 0.709. The second-order valence-corrected chi connectivity index (χ2v) is 29.5. The van der Waals surface area contributed by atoms with Crippen LogP contribution in [0.5, 0.6) is 0 Å². The fourth-order valence-electron chi connectivity index (χ4n) is 13.6. The van der Waals surface area contributed by atoms with Gasteiger partial charge in [0.25, 0.3) is 0 Å². The second-order valence-electron chi connectivity index (χ2n) is 23.1. The van der Waals surface area contributed by atoms with Crippen molar-refractivity contribution in [1.82, 2.24) is 19.9 Å². The Kier molecular flexibility index (Phi) is 11.2. The third kappa shape index (κ3) is 7.99. The first-order valence-electron chi connectivity index (χ1n) is 29.9. The Balaban J connectivity index is 0.748. The topological polar surface area (TPSA) is 51.6 Å². The molecule has 0 radical (unpaired) electrons. The lowest BCUT2D eigenvalue weighted by atomic mass is 9.96.